The average molecular weight is 389 g/mol. The maximum Gasteiger partial charge on any atom is 0.298 e. The molecule has 2 aromatic heterocycles. The highest BCUT2D eigenvalue weighted by atomic mass is 35.5. The molecule has 2 aromatic carbocycles. The van der Waals surface area contributed by atoms with Gasteiger partial charge in [0.25, 0.3) is 11.7 Å². The van der Waals surface area contributed by atoms with E-state index < -0.39 is 11.7 Å². The first-order chi connectivity index (χ1) is 13.5. The van der Waals surface area contributed by atoms with Crippen LogP contribution >= 0.6 is 11.6 Å². The van der Waals surface area contributed by atoms with E-state index in [-0.39, 0.29) is 0 Å². The fraction of sp³-hybridized carbons (Fsp3) is 0.0435. The number of aromatic nitrogens is 1. The van der Waals surface area contributed by atoms with Crippen molar-refractivity contribution in [1.82, 2.24) is 4.40 Å². The Morgan fingerprint density at radius 3 is 2.46 bits per heavy atom. The Labute approximate surface area is 167 Å². The minimum Gasteiger partial charge on any atom is -0.319 e. The number of fused-ring (bicyclic) bond motifs is 1. The summed E-state index contributed by atoms with van der Waals surface area (Å²) < 4.78 is 1.75. The van der Waals surface area contributed by atoms with E-state index in [1.807, 2.05) is 55.5 Å². The topological polar surface area (TPSA) is 50.6 Å². The smallest absolute Gasteiger partial charge is 0.298 e. The summed E-state index contributed by atoms with van der Waals surface area (Å²) in [6.45, 7) is 2.00. The number of hydrogen-bond donors (Lipinski definition) is 1. The second kappa shape index (κ2) is 7.33. The van der Waals surface area contributed by atoms with Crippen molar-refractivity contribution < 1.29 is 9.59 Å². The molecule has 2 heterocycles. The maximum absolute atomic E-state index is 13.1. The summed E-state index contributed by atoms with van der Waals surface area (Å²) in [6.07, 6.45) is 1.78. The molecule has 4 aromatic rings. The van der Waals surface area contributed by atoms with Crippen LogP contribution in [0.4, 0.5) is 5.69 Å². The first-order valence-corrected chi connectivity index (χ1v) is 9.19. The molecular weight excluding hydrogens is 372 g/mol. The molecule has 0 aliphatic rings. The number of ketones is 1. The van der Waals surface area contributed by atoms with Crippen LogP contribution in [0.2, 0.25) is 5.02 Å². The Bertz CT molecular complexity index is 1190. The monoisotopic (exact) mass is 388 g/mol. The molecule has 1 amide bonds. The molecule has 0 unspecified atom stereocenters. The van der Waals surface area contributed by atoms with Gasteiger partial charge in [0, 0.05) is 28.0 Å². The van der Waals surface area contributed by atoms with Crippen molar-refractivity contribution in [2.75, 3.05) is 5.32 Å². The fourth-order valence-electron chi connectivity index (χ4n) is 3.17. The van der Waals surface area contributed by atoms with Crippen molar-refractivity contribution in [2.45, 2.75) is 6.92 Å². The van der Waals surface area contributed by atoms with Crippen molar-refractivity contribution in [3.8, 4) is 11.1 Å². The van der Waals surface area contributed by atoms with Crippen LogP contribution in [0.3, 0.4) is 0 Å². The van der Waals surface area contributed by atoms with E-state index in [2.05, 4.69) is 5.32 Å². The average Bonchev–Trinajstić information content (AvgIpc) is 3.07. The highest BCUT2D eigenvalue weighted by Crippen LogP contribution is 2.29. The second-order valence-corrected chi connectivity index (χ2v) is 7.00. The number of aryl methyl sites for hydroxylation is 1. The molecule has 0 saturated heterocycles. The zero-order valence-electron chi connectivity index (χ0n) is 15.1. The highest BCUT2D eigenvalue weighted by molar-refractivity contribution is 6.47. The van der Waals surface area contributed by atoms with Crippen LogP contribution in [0.5, 0.6) is 0 Å². The quantitative estimate of drug-likeness (QED) is 0.376. The number of hydrogen-bond acceptors (Lipinski definition) is 2. The van der Waals surface area contributed by atoms with Gasteiger partial charge in [-0.25, -0.2) is 0 Å². The van der Waals surface area contributed by atoms with Gasteiger partial charge in [0.1, 0.15) is 5.69 Å². The van der Waals surface area contributed by atoms with E-state index in [0.29, 0.717) is 16.4 Å². The lowest BCUT2D eigenvalue weighted by atomic mass is 10.0. The van der Waals surface area contributed by atoms with Crippen LogP contribution in [-0.2, 0) is 4.79 Å². The van der Waals surface area contributed by atoms with Crippen molar-refractivity contribution in [3.63, 3.8) is 0 Å². The molecule has 5 heteroatoms. The van der Waals surface area contributed by atoms with Gasteiger partial charge in [0.2, 0.25) is 0 Å². The van der Waals surface area contributed by atoms with Crippen LogP contribution in [0.25, 0.3) is 16.6 Å². The van der Waals surface area contributed by atoms with Gasteiger partial charge in [-0.3, -0.25) is 9.59 Å². The van der Waals surface area contributed by atoms with Crippen LogP contribution < -0.4 is 5.32 Å². The molecule has 0 fully saturated rings. The lowest BCUT2D eigenvalue weighted by Crippen LogP contribution is -2.24. The molecular formula is C23H17ClN2O2. The Kier molecular flexibility index (Phi) is 4.72. The molecule has 0 aliphatic carbocycles. The van der Waals surface area contributed by atoms with Gasteiger partial charge in [0.05, 0.1) is 0 Å². The number of amides is 1. The molecule has 0 atom stereocenters. The summed E-state index contributed by atoms with van der Waals surface area (Å²) in [6, 6.07) is 22.1. The van der Waals surface area contributed by atoms with E-state index in [0.717, 1.165) is 22.2 Å². The normalized spacial score (nSPS) is 10.8. The lowest BCUT2D eigenvalue weighted by molar-refractivity contribution is -0.112. The van der Waals surface area contributed by atoms with Crippen molar-refractivity contribution >= 4 is 34.5 Å². The SMILES string of the molecule is Cc1ccc(-c2cc3ccccn3c2C(=O)C(=O)Nc2cccc(Cl)c2)cc1. The van der Waals surface area contributed by atoms with Crippen molar-refractivity contribution in [1.29, 1.82) is 0 Å². The van der Waals surface area contributed by atoms with E-state index in [4.69, 9.17) is 11.6 Å². The Morgan fingerprint density at radius 2 is 1.71 bits per heavy atom. The van der Waals surface area contributed by atoms with Crippen LogP contribution in [-0.4, -0.2) is 16.1 Å². The van der Waals surface area contributed by atoms with Crippen molar-refractivity contribution in [3.05, 3.63) is 95.3 Å². The largest absolute Gasteiger partial charge is 0.319 e. The van der Waals surface area contributed by atoms with Gasteiger partial charge in [-0.15, -0.1) is 0 Å². The van der Waals surface area contributed by atoms with Gasteiger partial charge < -0.3 is 9.72 Å². The molecule has 28 heavy (non-hydrogen) atoms. The number of halogens is 1. The number of nitrogens with one attached hydrogen (secondary N) is 1. The number of carbonyl (C=O) groups excluding carboxylic acids is 2. The lowest BCUT2D eigenvalue weighted by Gasteiger charge is -2.08. The van der Waals surface area contributed by atoms with Crippen molar-refractivity contribution in [2.24, 2.45) is 0 Å². The summed E-state index contributed by atoms with van der Waals surface area (Å²) in [5.41, 5.74) is 4.38. The molecule has 0 saturated carbocycles. The molecule has 4 nitrogen and oxygen atoms in total. The zero-order chi connectivity index (χ0) is 19.7. The summed E-state index contributed by atoms with van der Waals surface area (Å²) in [5, 5.41) is 3.12. The Morgan fingerprint density at radius 1 is 0.929 bits per heavy atom. The zero-order valence-corrected chi connectivity index (χ0v) is 15.9. The number of nitrogens with zero attached hydrogens (tertiary/aromatic N) is 1. The van der Waals surface area contributed by atoms with Crippen LogP contribution in [0.15, 0.2) is 79.0 Å². The molecule has 0 bridgehead atoms. The molecule has 1 N–H and O–H groups in total. The third-order valence-corrected chi connectivity index (χ3v) is 4.78. The minimum absolute atomic E-state index is 0.332. The van der Waals surface area contributed by atoms with Gasteiger partial charge in [-0.05, 0) is 48.9 Å². The van der Waals surface area contributed by atoms with E-state index in [1.54, 1.807) is 34.9 Å². The van der Waals surface area contributed by atoms with E-state index >= 15 is 0 Å². The molecule has 4 rings (SSSR count). The summed E-state index contributed by atoms with van der Waals surface area (Å²) in [7, 11) is 0. The first kappa shape index (κ1) is 18.0. The Hall–Kier alpha value is -3.37. The molecule has 0 spiro atoms. The van der Waals surface area contributed by atoms with E-state index in [1.165, 1.54) is 0 Å². The van der Waals surface area contributed by atoms with Crippen LogP contribution in [0, 0.1) is 6.92 Å². The second-order valence-electron chi connectivity index (χ2n) is 6.56. The summed E-state index contributed by atoms with van der Waals surface area (Å²) in [5.74, 6) is -1.32. The number of anilines is 1. The predicted molar refractivity (Wildman–Crippen MR) is 112 cm³/mol. The van der Waals surface area contributed by atoms with E-state index in [9.17, 15) is 9.59 Å². The standard InChI is InChI=1S/C23H17ClN2O2/c1-15-8-10-16(11-9-15)20-14-19-7-2-3-12-26(19)21(20)22(27)23(28)25-18-6-4-5-17(24)13-18/h2-14H,1H3,(H,25,28). The molecule has 0 aliphatic heterocycles. The van der Waals surface area contributed by atoms with Gasteiger partial charge >= 0.3 is 0 Å². The third-order valence-electron chi connectivity index (χ3n) is 4.55. The number of pyridine rings is 1. The third kappa shape index (κ3) is 3.42. The van der Waals surface area contributed by atoms with Gasteiger partial charge in [-0.2, -0.15) is 0 Å². The number of Topliss-reactive ketones (excluding diaryl/α,β-unsaturated/α-hetero) is 1. The first-order valence-electron chi connectivity index (χ1n) is 8.81. The Balaban J connectivity index is 1.78. The number of rotatable bonds is 4. The van der Waals surface area contributed by atoms with Gasteiger partial charge in [0.15, 0.2) is 0 Å². The number of carbonyl (C=O) groups is 2. The summed E-state index contributed by atoms with van der Waals surface area (Å²) in [4.78, 5) is 25.8. The van der Waals surface area contributed by atoms with Crippen LogP contribution in [0.1, 0.15) is 16.1 Å². The summed E-state index contributed by atoms with van der Waals surface area (Å²) >= 11 is 5.96. The number of benzene rings is 2. The van der Waals surface area contributed by atoms with Gasteiger partial charge in [-0.1, -0.05) is 53.6 Å². The fourth-order valence-corrected chi connectivity index (χ4v) is 3.36. The maximum atomic E-state index is 13.1. The minimum atomic E-state index is -0.709. The molecule has 138 valence electrons. The highest BCUT2D eigenvalue weighted by Gasteiger charge is 2.24. The predicted octanol–water partition coefficient (Wildman–Crippen LogP) is 5.39. The molecule has 0 radical (unpaired) electrons.